The molecule has 1 N–H and O–H groups in total. The van der Waals surface area contributed by atoms with Crippen LogP contribution in [0.2, 0.25) is 0 Å². The van der Waals surface area contributed by atoms with Crippen molar-refractivity contribution in [1.29, 1.82) is 0 Å². The molecule has 0 bridgehead atoms. The molecule has 1 aliphatic carbocycles. The van der Waals surface area contributed by atoms with E-state index in [-0.39, 0.29) is 11.3 Å². The number of likely N-dealkylation sites (tertiary alicyclic amines) is 1. The second-order valence-corrected chi connectivity index (χ2v) is 6.80. The van der Waals surface area contributed by atoms with Crippen molar-refractivity contribution >= 4 is 5.91 Å². The number of fused-ring (bicyclic) bond motifs is 1. The predicted octanol–water partition coefficient (Wildman–Crippen LogP) is 2.46. The Hall–Kier alpha value is -2.11. The normalized spacial score (nSPS) is 26.7. The van der Waals surface area contributed by atoms with Gasteiger partial charge in [-0.1, -0.05) is 13.3 Å². The first kappa shape index (κ1) is 14.5. The van der Waals surface area contributed by atoms with Gasteiger partial charge in [-0.3, -0.25) is 4.79 Å². The Kier molecular flexibility index (Phi) is 3.28. The van der Waals surface area contributed by atoms with Crippen molar-refractivity contribution in [2.24, 2.45) is 5.92 Å². The van der Waals surface area contributed by atoms with Gasteiger partial charge in [-0.25, -0.2) is 0 Å². The summed E-state index contributed by atoms with van der Waals surface area (Å²) >= 11 is 0. The second-order valence-electron chi connectivity index (χ2n) is 6.80. The lowest BCUT2D eigenvalue weighted by Crippen LogP contribution is -2.35. The molecule has 4 rings (SSSR count). The topological polar surface area (TPSA) is 75.0 Å². The van der Waals surface area contributed by atoms with E-state index in [0.717, 1.165) is 43.0 Å². The van der Waals surface area contributed by atoms with Gasteiger partial charge in [-0.2, -0.15) is 0 Å². The second kappa shape index (κ2) is 5.22. The first-order valence-corrected chi connectivity index (χ1v) is 8.40. The number of aromatic nitrogens is 3. The van der Waals surface area contributed by atoms with Gasteiger partial charge >= 0.3 is 0 Å². The zero-order valence-corrected chi connectivity index (χ0v) is 13.6. The summed E-state index contributed by atoms with van der Waals surface area (Å²) in [5.41, 5.74) is 1.55. The molecule has 2 atom stereocenters. The molecular weight excluding hydrogens is 292 g/mol. The molecule has 3 heterocycles. The molecule has 6 nitrogen and oxygen atoms in total. The van der Waals surface area contributed by atoms with Gasteiger partial charge < -0.3 is 14.3 Å². The van der Waals surface area contributed by atoms with Gasteiger partial charge in [0.05, 0.1) is 11.0 Å². The molecule has 1 saturated heterocycles. The monoisotopic (exact) mass is 314 g/mol. The van der Waals surface area contributed by atoms with Crippen LogP contribution in [-0.4, -0.2) is 39.1 Å². The van der Waals surface area contributed by atoms with Gasteiger partial charge in [0.1, 0.15) is 0 Å². The molecule has 122 valence electrons. The lowest BCUT2D eigenvalue weighted by atomic mass is 9.80. The SMILES string of the molecule is CCc1nnc([C@]23CCC[C@H]2CN(C(=O)c2cc[nH]c2C)C3)o1. The maximum Gasteiger partial charge on any atom is 0.255 e. The van der Waals surface area contributed by atoms with Crippen molar-refractivity contribution in [3.05, 3.63) is 35.3 Å². The summed E-state index contributed by atoms with van der Waals surface area (Å²) in [4.78, 5) is 17.9. The average Bonchev–Trinajstić information content (AvgIpc) is 3.28. The molecule has 0 radical (unpaired) electrons. The number of nitrogens with zero attached hydrogens (tertiary/aromatic N) is 3. The van der Waals surface area contributed by atoms with Crippen LogP contribution in [0.5, 0.6) is 0 Å². The maximum atomic E-state index is 12.8. The predicted molar refractivity (Wildman–Crippen MR) is 84.1 cm³/mol. The lowest BCUT2D eigenvalue weighted by molar-refractivity contribution is 0.0775. The fraction of sp³-hybridized carbons (Fsp3) is 0.588. The third-order valence-corrected chi connectivity index (χ3v) is 5.54. The minimum Gasteiger partial charge on any atom is -0.425 e. The molecule has 23 heavy (non-hydrogen) atoms. The Balaban J connectivity index is 1.63. The Morgan fingerprint density at radius 1 is 1.52 bits per heavy atom. The number of aromatic amines is 1. The van der Waals surface area contributed by atoms with E-state index in [0.29, 0.717) is 18.4 Å². The van der Waals surface area contributed by atoms with Crippen molar-refractivity contribution in [3.8, 4) is 0 Å². The van der Waals surface area contributed by atoms with Crippen LogP contribution in [-0.2, 0) is 11.8 Å². The Bertz CT molecular complexity index is 735. The Morgan fingerprint density at radius 2 is 2.39 bits per heavy atom. The third kappa shape index (κ3) is 2.11. The summed E-state index contributed by atoms with van der Waals surface area (Å²) < 4.78 is 5.90. The first-order valence-electron chi connectivity index (χ1n) is 8.40. The van der Waals surface area contributed by atoms with E-state index < -0.39 is 0 Å². The molecule has 2 aliphatic rings. The fourth-order valence-electron chi connectivity index (χ4n) is 4.25. The van der Waals surface area contributed by atoms with Crippen molar-refractivity contribution < 1.29 is 9.21 Å². The Morgan fingerprint density at radius 3 is 3.09 bits per heavy atom. The number of hydrogen-bond donors (Lipinski definition) is 1. The van der Waals surface area contributed by atoms with Crippen LogP contribution in [0.15, 0.2) is 16.7 Å². The average molecular weight is 314 g/mol. The summed E-state index contributed by atoms with van der Waals surface area (Å²) in [5, 5.41) is 8.46. The van der Waals surface area contributed by atoms with E-state index in [4.69, 9.17) is 4.42 Å². The summed E-state index contributed by atoms with van der Waals surface area (Å²) in [7, 11) is 0. The smallest absolute Gasteiger partial charge is 0.255 e. The largest absolute Gasteiger partial charge is 0.425 e. The molecule has 0 spiro atoms. The van der Waals surface area contributed by atoms with Crippen LogP contribution in [0.1, 0.15) is 54.0 Å². The van der Waals surface area contributed by atoms with Crippen LogP contribution in [0.3, 0.4) is 0 Å². The minimum atomic E-state index is -0.139. The molecule has 0 aromatic carbocycles. The quantitative estimate of drug-likeness (QED) is 0.944. The van der Waals surface area contributed by atoms with Gasteiger partial charge in [-0.05, 0) is 31.7 Å². The van der Waals surface area contributed by atoms with Crippen LogP contribution < -0.4 is 0 Å². The number of rotatable bonds is 3. The van der Waals surface area contributed by atoms with Gasteiger partial charge in [0, 0.05) is 31.4 Å². The number of amides is 1. The number of carbonyl (C=O) groups excluding carboxylic acids is 1. The molecule has 1 aliphatic heterocycles. The van der Waals surface area contributed by atoms with Gasteiger partial charge in [-0.15, -0.1) is 10.2 Å². The number of hydrogen-bond acceptors (Lipinski definition) is 4. The zero-order chi connectivity index (χ0) is 16.0. The van der Waals surface area contributed by atoms with Gasteiger partial charge in [0.25, 0.3) is 5.91 Å². The van der Waals surface area contributed by atoms with E-state index in [9.17, 15) is 4.79 Å². The van der Waals surface area contributed by atoms with E-state index in [1.807, 2.05) is 31.0 Å². The molecule has 6 heteroatoms. The fourth-order valence-corrected chi connectivity index (χ4v) is 4.25. The standard InChI is InChI=1S/C17H22N4O2/c1-3-14-19-20-16(23-14)17-7-4-5-12(17)9-21(10-17)15(22)13-6-8-18-11(13)2/h6,8,12,18H,3-5,7,9-10H2,1-2H3/t12-,17-/m0/s1. The molecule has 0 unspecified atom stereocenters. The minimum absolute atomic E-state index is 0.104. The highest BCUT2D eigenvalue weighted by molar-refractivity contribution is 5.95. The highest BCUT2D eigenvalue weighted by Crippen LogP contribution is 2.50. The lowest BCUT2D eigenvalue weighted by Gasteiger charge is -2.24. The molecule has 2 aromatic rings. The van der Waals surface area contributed by atoms with E-state index >= 15 is 0 Å². The van der Waals surface area contributed by atoms with Crippen molar-refractivity contribution in [1.82, 2.24) is 20.1 Å². The molecule has 2 aromatic heterocycles. The Labute approximate surface area is 135 Å². The first-order chi connectivity index (χ1) is 11.1. The number of carbonyl (C=O) groups is 1. The number of nitrogens with one attached hydrogen (secondary N) is 1. The van der Waals surface area contributed by atoms with E-state index in [2.05, 4.69) is 15.2 Å². The highest BCUT2D eigenvalue weighted by Gasteiger charge is 2.55. The van der Waals surface area contributed by atoms with Crippen LogP contribution in [0.4, 0.5) is 0 Å². The maximum absolute atomic E-state index is 12.8. The summed E-state index contributed by atoms with van der Waals surface area (Å²) in [6, 6.07) is 1.86. The van der Waals surface area contributed by atoms with E-state index in [1.165, 1.54) is 6.42 Å². The van der Waals surface area contributed by atoms with E-state index in [1.54, 1.807) is 0 Å². The number of H-pyrrole nitrogens is 1. The van der Waals surface area contributed by atoms with Crippen LogP contribution in [0, 0.1) is 12.8 Å². The van der Waals surface area contributed by atoms with Gasteiger partial charge in [0.2, 0.25) is 11.8 Å². The van der Waals surface area contributed by atoms with Crippen LogP contribution in [0.25, 0.3) is 0 Å². The molecule has 2 fully saturated rings. The zero-order valence-electron chi connectivity index (χ0n) is 13.6. The molecular formula is C17H22N4O2. The third-order valence-electron chi connectivity index (χ3n) is 5.54. The summed E-state index contributed by atoms with van der Waals surface area (Å²) in [6.45, 7) is 5.42. The summed E-state index contributed by atoms with van der Waals surface area (Å²) in [5.74, 6) is 1.95. The van der Waals surface area contributed by atoms with Crippen molar-refractivity contribution in [3.63, 3.8) is 0 Å². The van der Waals surface area contributed by atoms with Gasteiger partial charge in [0.15, 0.2) is 0 Å². The number of aryl methyl sites for hydroxylation is 2. The van der Waals surface area contributed by atoms with Crippen molar-refractivity contribution in [2.45, 2.75) is 44.9 Å². The molecule has 1 amide bonds. The van der Waals surface area contributed by atoms with Crippen LogP contribution >= 0.6 is 0 Å². The summed E-state index contributed by atoms with van der Waals surface area (Å²) in [6.07, 6.45) is 5.89. The highest BCUT2D eigenvalue weighted by atomic mass is 16.4. The molecule has 1 saturated carbocycles. The van der Waals surface area contributed by atoms with Crippen molar-refractivity contribution in [2.75, 3.05) is 13.1 Å².